The van der Waals surface area contributed by atoms with Gasteiger partial charge in [0.2, 0.25) is 0 Å². The predicted molar refractivity (Wildman–Crippen MR) is 93.1 cm³/mol. The SMILES string of the molecule is FC(F)(F)c1ccc(C2=Nc3ccccc3-c3ccccc3N2)cc1. The first-order valence-corrected chi connectivity index (χ1v) is 7.74. The highest BCUT2D eigenvalue weighted by molar-refractivity contribution is 6.13. The molecule has 1 N–H and O–H groups in total. The molecule has 3 aromatic rings. The Labute approximate surface area is 142 Å². The van der Waals surface area contributed by atoms with Gasteiger partial charge < -0.3 is 5.32 Å². The van der Waals surface area contributed by atoms with E-state index in [2.05, 4.69) is 10.3 Å². The largest absolute Gasteiger partial charge is 0.416 e. The number of aliphatic imine (C=N–C) groups is 1. The van der Waals surface area contributed by atoms with Gasteiger partial charge in [0.25, 0.3) is 0 Å². The van der Waals surface area contributed by atoms with Gasteiger partial charge in [-0.2, -0.15) is 13.2 Å². The van der Waals surface area contributed by atoms with Gasteiger partial charge in [0.1, 0.15) is 5.84 Å². The van der Waals surface area contributed by atoms with Crippen molar-refractivity contribution < 1.29 is 13.2 Å². The van der Waals surface area contributed by atoms with Crippen molar-refractivity contribution >= 4 is 17.2 Å². The lowest BCUT2D eigenvalue weighted by Gasteiger charge is -2.12. The molecule has 1 aliphatic heterocycles. The Morgan fingerprint density at radius 2 is 1.36 bits per heavy atom. The predicted octanol–water partition coefficient (Wildman–Crippen LogP) is 5.88. The minimum atomic E-state index is -4.35. The van der Waals surface area contributed by atoms with Gasteiger partial charge in [-0.05, 0) is 24.3 Å². The molecule has 0 amide bonds. The van der Waals surface area contributed by atoms with Crippen LogP contribution in [0.2, 0.25) is 0 Å². The number of amidine groups is 1. The minimum absolute atomic E-state index is 0.520. The molecule has 0 aliphatic carbocycles. The molecule has 3 aromatic carbocycles. The molecular weight excluding hydrogens is 325 g/mol. The molecule has 0 spiro atoms. The number of anilines is 1. The van der Waals surface area contributed by atoms with Crippen molar-refractivity contribution in [2.45, 2.75) is 6.18 Å². The van der Waals surface area contributed by atoms with Crippen molar-refractivity contribution in [1.29, 1.82) is 0 Å². The third-order valence-corrected chi connectivity index (χ3v) is 4.09. The highest BCUT2D eigenvalue weighted by atomic mass is 19.4. The van der Waals surface area contributed by atoms with E-state index in [0.717, 1.165) is 34.6 Å². The van der Waals surface area contributed by atoms with E-state index in [1.165, 1.54) is 12.1 Å². The second-order valence-corrected chi connectivity index (χ2v) is 5.72. The smallest absolute Gasteiger partial charge is 0.339 e. The van der Waals surface area contributed by atoms with E-state index < -0.39 is 11.7 Å². The van der Waals surface area contributed by atoms with E-state index in [4.69, 9.17) is 0 Å². The van der Waals surface area contributed by atoms with Crippen molar-refractivity contribution in [2.75, 3.05) is 5.32 Å². The standard InChI is InChI=1S/C20H13F3N2/c21-20(22,23)14-11-9-13(10-12-14)19-24-17-7-3-1-5-15(17)16-6-2-4-8-18(16)25-19/h1-12H,(H,24,25). The Balaban J connectivity index is 1.83. The van der Waals surface area contributed by atoms with E-state index in [0.29, 0.717) is 11.4 Å². The molecule has 2 nitrogen and oxygen atoms in total. The average molecular weight is 338 g/mol. The fourth-order valence-electron chi connectivity index (χ4n) is 2.86. The zero-order valence-electron chi connectivity index (χ0n) is 13.0. The average Bonchev–Trinajstić information content (AvgIpc) is 2.78. The molecule has 5 heteroatoms. The van der Waals surface area contributed by atoms with Crippen molar-refractivity contribution in [2.24, 2.45) is 4.99 Å². The molecule has 0 aromatic heterocycles. The molecular formula is C20H13F3N2. The monoisotopic (exact) mass is 338 g/mol. The van der Waals surface area contributed by atoms with Crippen LogP contribution in [0.4, 0.5) is 24.5 Å². The van der Waals surface area contributed by atoms with Crippen molar-refractivity contribution in [3.8, 4) is 11.1 Å². The Hall–Kier alpha value is -3.08. The number of nitrogens with one attached hydrogen (secondary N) is 1. The molecule has 0 saturated heterocycles. The van der Waals surface area contributed by atoms with Crippen LogP contribution in [-0.2, 0) is 6.18 Å². The number of benzene rings is 3. The zero-order valence-corrected chi connectivity index (χ0v) is 13.0. The zero-order chi connectivity index (χ0) is 17.4. The fourth-order valence-corrected chi connectivity index (χ4v) is 2.86. The van der Waals surface area contributed by atoms with Crippen LogP contribution in [0, 0.1) is 0 Å². The van der Waals surface area contributed by atoms with Gasteiger partial charge in [-0.1, -0.05) is 48.5 Å². The third kappa shape index (κ3) is 2.89. The maximum Gasteiger partial charge on any atom is 0.416 e. The minimum Gasteiger partial charge on any atom is -0.339 e. The normalized spacial score (nSPS) is 13.2. The van der Waals surface area contributed by atoms with Crippen molar-refractivity contribution in [3.05, 3.63) is 83.9 Å². The summed E-state index contributed by atoms with van der Waals surface area (Å²) in [6.07, 6.45) is -4.35. The Morgan fingerprint density at radius 3 is 2.08 bits per heavy atom. The van der Waals surface area contributed by atoms with Gasteiger partial charge in [-0.25, -0.2) is 4.99 Å². The number of hydrogen-bond acceptors (Lipinski definition) is 2. The van der Waals surface area contributed by atoms with Crippen LogP contribution < -0.4 is 5.32 Å². The summed E-state index contributed by atoms with van der Waals surface area (Å²) < 4.78 is 38.3. The van der Waals surface area contributed by atoms with Crippen LogP contribution in [0.3, 0.4) is 0 Å². The van der Waals surface area contributed by atoms with Gasteiger partial charge in [0, 0.05) is 22.4 Å². The highest BCUT2D eigenvalue weighted by Crippen LogP contribution is 2.38. The summed E-state index contributed by atoms with van der Waals surface area (Å²) in [5, 5.41) is 3.25. The summed E-state index contributed by atoms with van der Waals surface area (Å²) in [4.78, 5) is 4.64. The van der Waals surface area contributed by atoms with Crippen LogP contribution in [0.5, 0.6) is 0 Å². The number of para-hydroxylation sites is 2. The first-order valence-electron chi connectivity index (χ1n) is 7.74. The van der Waals surface area contributed by atoms with Gasteiger partial charge in [0.15, 0.2) is 0 Å². The van der Waals surface area contributed by atoms with Gasteiger partial charge in [0.05, 0.1) is 11.3 Å². The van der Waals surface area contributed by atoms with Gasteiger partial charge >= 0.3 is 6.18 Å². The molecule has 4 rings (SSSR count). The molecule has 0 unspecified atom stereocenters. The van der Waals surface area contributed by atoms with Crippen LogP contribution in [-0.4, -0.2) is 5.84 Å². The van der Waals surface area contributed by atoms with E-state index in [9.17, 15) is 13.2 Å². The van der Waals surface area contributed by atoms with Crippen LogP contribution in [0.15, 0.2) is 77.8 Å². The molecule has 25 heavy (non-hydrogen) atoms. The van der Waals surface area contributed by atoms with Gasteiger partial charge in [-0.3, -0.25) is 0 Å². The maximum absolute atomic E-state index is 12.8. The lowest BCUT2D eigenvalue weighted by atomic mass is 10.0. The van der Waals surface area contributed by atoms with Crippen molar-refractivity contribution in [1.82, 2.24) is 0 Å². The first kappa shape index (κ1) is 15.4. The number of hydrogen-bond donors (Lipinski definition) is 1. The number of fused-ring (bicyclic) bond motifs is 3. The van der Waals surface area contributed by atoms with E-state index in [1.807, 2.05) is 48.5 Å². The summed E-state index contributed by atoms with van der Waals surface area (Å²) in [5.41, 5.74) is 3.54. The molecule has 0 bridgehead atoms. The van der Waals surface area contributed by atoms with E-state index >= 15 is 0 Å². The molecule has 0 fully saturated rings. The number of halogens is 3. The lowest BCUT2D eigenvalue weighted by Crippen LogP contribution is -2.13. The molecule has 1 aliphatic rings. The molecule has 0 atom stereocenters. The lowest BCUT2D eigenvalue weighted by molar-refractivity contribution is -0.137. The summed E-state index contributed by atoms with van der Waals surface area (Å²) in [5.74, 6) is 0.520. The Bertz CT molecular complexity index is 957. The molecule has 124 valence electrons. The molecule has 1 heterocycles. The Kier molecular flexibility index (Phi) is 3.57. The molecule has 0 radical (unpaired) electrons. The van der Waals surface area contributed by atoms with Crippen molar-refractivity contribution in [3.63, 3.8) is 0 Å². The Morgan fingerprint density at radius 1 is 0.720 bits per heavy atom. The first-order chi connectivity index (χ1) is 12.0. The number of rotatable bonds is 1. The topological polar surface area (TPSA) is 24.4 Å². The maximum atomic E-state index is 12.8. The highest BCUT2D eigenvalue weighted by Gasteiger charge is 2.30. The summed E-state index contributed by atoms with van der Waals surface area (Å²) in [7, 11) is 0. The van der Waals surface area contributed by atoms with Crippen LogP contribution in [0.25, 0.3) is 11.1 Å². The van der Waals surface area contributed by atoms with E-state index in [1.54, 1.807) is 0 Å². The summed E-state index contributed by atoms with van der Waals surface area (Å²) in [6, 6.07) is 20.5. The fraction of sp³-hybridized carbons (Fsp3) is 0.0500. The summed E-state index contributed by atoms with van der Waals surface area (Å²) in [6.45, 7) is 0. The quantitative estimate of drug-likeness (QED) is 0.589. The van der Waals surface area contributed by atoms with Crippen LogP contribution in [0.1, 0.15) is 11.1 Å². The summed E-state index contributed by atoms with van der Waals surface area (Å²) >= 11 is 0. The van der Waals surface area contributed by atoms with E-state index in [-0.39, 0.29) is 0 Å². The second kappa shape index (κ2) is 5.77. The number of alkyl halides is 3. The number of nitrogens with zero attached hydrogens (tertiary/aromatic N) is 1. The molecule has 0 saturated carbocycles. The van der Waals surface area contributed by atoms with Crippen LogP contribution >= 0.6 is 0 Å². The third-order valence-electron chi connectivity index (χ3n) is 4.09. The van der Waals surface area contributed by atoms with Gasteiger partial charge in [-0.15, -0.1) is 0 Å². The second-order valence-electron chi connectivity index (χ2n) is 5.72.